The molecule has 0 fully saturated rings. The first kappa shape index (κ1) is 14.8. The SMILES string of the molecule is CCCNC(C)c1cnn(CCCc2ccccc2)c1. The van der Waals surface area contributed by atoms with Crippen LogP contribution in [0.15, 0.2) is 42.7 Å². The molecule has 1 N–H and O–H groups in total. The minimum absolute atomic E-state index is 0.387. The summed E-state index contributed by atoms with van der Waals surface area (Å²) >= 11 is 0. The van der Waals surface area contributed by atoms with Crippen molar-refractivity contribution in [2.75, 3.05) is 6.54 Å². The molecule has 20 heavy (non-hydrogen) atoms. The standard InChI is InChI=1S/C17H25N3/c1-3-11-18-15(2)17-13-19-20(14-17)12-7-10-16-8-5-4-6-9-16/h4-6,8-9,13-15,18H,3,7,10-12H2,1-2H3. The Morgan fingerprint density at radius 2 is 2.05 bits per heavy atom. The summed E-state index contributed by atoms with van der Waals surface area (Å²) in [4.78, 5) is 0. The molecule has 1 atom stereocenters. The van der Waals surface area contributed by atoms with E-state index in [-0.39, 0.29) is 0 Å². The molecule has 0 aliphatic heterocycles. The van der Waals surface area contributed by atoms with Crippen molar-refractivity contribution in [2.45, 2.75) is 45.7 Å². The number of hydrogen-bond donors (Lipinski definition) is 1. The zero-order chi connectivity index (χ0) is 14.2. The van der Waals surface area contributed by atoms with Crippen molar-refractivity contribution in [3.05, 3.63) is 53.9 Å². The monoisotopic (exact) mass is 271 g/mol. The Kier molecular flexibility index (Phi) is 5.81. The first-order chi connectivity index (χ1) is 9.79. The third-order valence-electron chi connectivity index (χ3n) is 3.55. The van der Waals surface area contributed by atoms with E-state index in [0.29, 0.717) is 6.04 Å². The zero-order valence-electron chi connectivity index (χ0n) is 12.5. The molecule has 0 aliphatic rings. The van der Waals surface area contributed by atoms with Gasteiger partial charge in [0.2, 0.25) is 0 Å². The molecular formula is C17H25N3. The van der Waals surface area contributed by atoms with E-state index >= 15 is 0 Å². The van der Waals surface area contributed by atoms with E-state index < -0.39 is 0 Å². The molecular weight excluding hydrogens is 246 g/mol. The normalized spacial score (nSPS) is 12.5. The Morgan fingerprint density at radius 3 is 2.80 bits per heavy atom. The summed E-state index contributed by atoms with van der Waals surface area (Å²) in [5.41, 5.74) is 2.68. The van der Waals surface area contributed by atoms with Gasteiger partial charge in [0.25, 0.3) is 0 Å². The van der Waals surface area contributed by atoms with Crippen LogP contribution in [0.1, 0.15) is 43.9 Å². The maximum Gasteiger partial charge on any atom is 0.0537 e. The van der Waals surface area contributed by atoms with E-state index in [0.717, 1.165) is 32.4 Å². The van der Waals surface area contributed by atoms with E-state index in [9.17, 15) is 0 Å². The summed E-state index contributed by atoms with van der Waals surface area (Å²) in [5.74, 6) is 0. The number of benzene rings is 1. The van der Waals surface area contributed by atoms with Gasteiger partial charge in [-0.05, 0) is 38.3 Å². The lowest BCUT2D eigenvalue weighted by atomic mass is 10.1. The number of aryl methyl sites for hydroxylation is 2. The highest BCUT2D eigenvalue weighted by molar-refractivity contribution is 5.14. The summed E-state index contributed by atoms with van der Waals surface area (Å²) in [6, 6.07) is 11.0. The maximum absolute atomic E-state index is 4.45. The second kappa shape index (κ2) is 7.85. The van der Waals surface area contributed by atoms with E-state index in [2.05, 4.69) is 65.5 Å². The Morgan fingerprint density at radius 1 is 1.25 bits per heavy atom. The first-order valence-electron chi connectivity index (χ1n) is 7.59. The average molecular weight is 271 g/mol. The topological polar surface area (TPSA) is 29.9 Å². The lowest BCUT2D eigenvalue weighted by Gasteiger charge is -2.10. The molecule has 2 rings (SSSR count). The highest BCUT2D eigenvalue weighted by Gasteiger charge is 2.06. The zero-order valence-corrected chi connectivity index (χ0v) is 12.5. The van der Waals surface area contributed by atoms with Crippen LogP contribution in [0.3, 0.4) is 0 Å². The van der Waals surface area contributed by atoms with Crippen LogP contribution in [0.5, 0.6) is 0 Å². The average Bonchev–Trinajstić information content (AvgIpc) is 2.95. The van der Waals surface area contributed by atoms with Gasteiger partial charge in [-0.2, -0.15) is 5.10 Å². The molecule has 3 heteroatoms. The van der Waals surface area contributed by atoms with Crippen molar-refractivity contribution in [1.82, 2.24) is 15.1 Å². The summed E-state index contributed by atoms with van der Waals surface area (Å²) in [5, 5.41) is 7.94. The molecule has 0 radical (unpaired) electrons. The van der Waals surface area contributed by atoms with Crippen molar-refractivity contribution in [2.24, 2.45) is 0 Å². The van der Waals surface area contributed by atoms with Gasteiger partial charge in [0.1, 0.15) is 0 Å². The highest BCUT2D eigenvalue weighted by Crippen LogP contribution is 2.11. The third-order valence-corrected chi connectivity index (χ3v) is 3.55. The summed E-state index contributed by atoms with van der Waals surface area (Å²) in [6.45, 7) is 6.42. The molecule has 1 aromatic heterocycles. The lowest BCUT2D eigenvalue weighted by Crippen LogP contribution is -2.18. The molecule has 3 nitrogen and oxygen atoms in total. The number of aromatic nitrogens is 2. The molecule has 2 aromatic rings. The number of nitrogens with one attached hydrogen (secondary N) is 1. The van der Waals surface area contributed by atoms with Crippen LogP contribution < -0.4 is 5.32 Å². The van der Waals surface area contributed by atoms with Crippen LogP contribution in [0.4, 0.5) is 0 Å². The van der Waals surface area contributed by atoms with E-state index in [1.165, 1.54) is 11.1 Å². The molecule has 0 bridgehead atoms. The third kappa shape index (κ3) is 4.49. The Hall–Kier alpha value is -1.61. The summed E-state index contributed by atoms with van der Waals surface area (Å²) in [6.07, 6.45) is 7.55. The molecule has 1 heterocycles. The Labute approximate surface area is 122 Å². The number of nitrogens with zero attached hydrogens (tertiary/aromatic N) is 2. The summed E-state index contributed by atoms with van der Waals surface area (Å²) in [7, 11) is 0. The van der Waals surface area contributed by atoms with Gasteiger partial charge < -0.3 is 5.32 Å². The minimum atomic E-state index is 0.387. The highest BCUT2D eigenvalue weighted by atomic mass is 15.3. The smallest absolute Gasteiger partial charge is 0.0537 e. The van der Waals surface area contributed by atoms with Crippen molar-refractivity contribution >= 4 is 0 Å². The summed E-state index contributed by atoms with van der Waals surface area (Å²) < 4.78 is 2.06. The van der Waals surface area contributed by atoms with Crippen LogP contribution in [0.2, 0.25) is 0 Å². The van der Waals surface area contributed by atoms with Crippen LogP contribution >= 0.6 is 0 Å². The van der Waals surface area contributed by atoms with Gasteiger partial charge in [0.05, 0.1) is 6.20 Å². The molecule has 0 spiro atoms. The van der Waals surface area contributed by atoms with Crippen LogP contribution in [0, 0.1) is 0 Å². The van der Waals surface area contributed by atoms with Gasteiger partial charge in [0, 0.05) is 24.3 Å². The second-order valence-corrected chi connectivity index (χ2v) is 5.30. The van der Waals surface area contributed by atoms with Gasteiger partial charge in [-0.25, -0.2) is 0 Å². The van der Waals surface area contributed by atoms with E-state index in [1.54, 1.807) is 0 Å². The van der Waals surface area contributed by atoms with Crippen LogP contribution in [-0.2, 0) is 13.0 Å². The number of rotatable bonds is 8. The van der Waals surface area contributed by atoms with E-state index in [1.807, 2.05) is 6.20 Å². The Bertz CT molecular complexity index is 490. The van der Waals surface area contributed by atoms with Gasteiger partial charge in [0.15, 0.2) is 0 Å². The minimum Gasteiger partial charge on any atom is -0.310 e. The second-order valence-electron chi connectivity index (χ2n) is 5.30. The molecule has 108 valence electrons. The maximum atomic E-state index is 4.45. The predicted molar refractivity (Wildman–Crippen MR) is 83.7 cm³/mol. The lowest BCUT2D eigenvalue weighted by molar-refractivity contribution is 0.562. The van der Waals surface area contributed by atoms with Crippen LogP contribution in [-0.4, -0.2) is 16.3 Å². The fourth-order valence-electron chi connectivity index (χ4n) is 2.29. The van der Waals surface area contributed by atoms with Crippen molar-refractivity contribution in [1.29, 1.82) is 0 Å². The molecule has 0 saturated heterocycles. The van der Waals surface area contributed by atoms with Crippen LogP contribution in [0.25, 0.3) is 0 Å². The molecule has 0 aliphatic carbocycles. The van der Waals surface area contributed by atoms with E-state index in [4.69, 9.17) is 0 Å². The number of hydrogen-bond acceptors (Lipinski definition) is 2. The largest absolute Gasteiger partial charge is 0.310 e. The molecule has 0 saturated carbocycles. The molecule has 0 amide bonds. The quantitative estimate of drug-likeness (QED) is 0.795. The first-order valence-corrected chi connectivity index (χ1v) is 7.59. The van der Waals surface area contributed by atoms with Gasteiger partial charge in [-0.3, -0.25) is 4.68 Å². The Balaban J connectivity index is 1.78. The van der Waals surface area contributed by atoms with Gasteiger partial charge in [-0.1, -0.05) is 37.3 Å². The fourth-order valence-corrected chi connectivity index (χ4v) is 2.29. The van der Waals surface area contributed by atoms with Crippen molar-refractivity contribution in [3.63, 3.8) is 0 Å². The van der Waals surface area contributed by atoms with Gasteiger partial charge in [-0.15, -0.1) is 0 Å². The molecule has 1 aromatic carbocycles. The predicted octanol–water partition coefficient (Wildman–Crippen LogP) is 3.58. The van der Waals surface area contributed by atoms with Crippen molar-refractivity contribution in [3.8, 4) is 0 Å². The van der Waals surface area contributed by atoms with Gasteiger partial charge >= 0.3 is 0 Å². The van der Waals surface area contributed by atoms with Crippen molar-refractivity contribution < 1.29 is 0 Å². The fraction of sp³-hybridized carbons (Fsp3) is 0.471. The molecule has 1 unspecified atom stereocenters.